The first-order chi connectivity index (χ1) is 12.5. The van der Waals surface area contributed by atoms with Gasteiger partial charge in [-0.1, -0.05) is 42.1 Å². The smallest absolute Gasteiger partial charge is 0.240 e. The first-order valence-electron chi connectivity index (χ1n) is 7.86. The monoisotopic (exact) mass is 371 g/mol. The van der Waals surface area contributed by atoms with Gasteiger partial charge < -0.3 is 10.7 Å². The van der Waals surface area contributed by atoms with Gasteiger partial charge in [-0.05, 0) is 29.8 Å². The van der Waals surface area contributed by atoms with E-state index in [1.54, 1.807) is 26.2 Å². The summed E-state index contributed by atoms with van der Waals surface area (Å²) in [7, 11) is 3.41. The fourth-order valence-corrected chi connectivity index (χ4v) is 3.49. The topological polar surface area (TPSA) is 77.0 Å². The van der Waals surface area contributed by atoms with Crippen LogP contribution in [0.1, 0.15) is 10.8 Å². The molecule has 8 heteroatoms. The molecule has 0 fully saturated rings. The van der Waals surface area contributed by atoms with Gasteiger partial charge in [-0.2, -0.15) is 0 Å². The highest BCUT2D eigenvalue weighted by molar-refractivity contribution is 8.00. The van der Waals surface area contributed by atoms with E-state index < -0.39 is 5.25 Å². The quantitative estimate of drug-likeness (QED) is 0.551. The number of amides is 1. The summed E-state index contributed by atoms with van der Waals surface area (Å²) in [4.78, 5) is 14.2. The third kappa shape index (κ3) is 3.70. The van der Waals surface area contributed by atoms with Crippen LogP contribution in [0.25, 0.3) is 11.4 Å². The van der Waals surface area contributed by atoms with Gasteiger partial charge in [0.1, 0.15) is 11.1 Å². The van der Waals surface area contributed by atoms with Gasteiger partial charge in [-0.15, -0.1) is 10.2 Å². The molecule has 0 saturated heterocycles. The molecule has 0 aliphatic heterocycles. The Morgan fingerprint density at radius 1 is 1.12 bits per heavy atom. The van der Waals surface area contributed by atoms with E-state index in [1.165, 1.54) is 33.5 Å². The number of nitrogens with zero attached hydrogens (tertiary/aromatic N) is 4. The van der Waals surface area contributed by atoms with Crippen LogP contribution in [0.5, 0.6) is 0 Å². The number of carbonyl (C=O) groups excluding carboxylic acids is 1. The lowest BCUT2D eigenvalue weighted by Crippen LogP contribution is -2.27. The Labute approximate surface area is 154 Å². The van der Waals surface area contributed by atoms with Crippen LogP contribution in [0, 0.1) is 5.82 Å². The van der Waals surface area contributed by atoms with E-state index in [2.05, 4.69) is 10.2 Å². The Kier molecular flexibility index (Phi) is 5.22. The minimum absolute atomic E-state index is 0.0764. The number of benzene rings is 2. The third-order valence-electron chi connectivity index (χ3n) is 3.76. The second kappa shape index (κ2) is 7.57. The molecule has 0 saturated carbocycles. The van der Waals surface area contributed by atoms with Gasteiger partial charge in [0.25, 0.3) is 0 Å². The number of nitrogens with two attached hydrogens (primary N) is 1. The summed E-state index contributed by atoms with van der Waals surface area (Å²) in [5.41, 5.74) is 1.49. The molecule has 134 valence electrons. The average molecular weight is 371 g/mol. The predicted octanol–water partition coefficient (Wildman–Crippen LogP) is 2.72. The molecule has 2 N–H and O–H groups in total. The van der Waals surface area contributed by atoms with Crippen molar-refractivity contribution in [1.82, 2.24) is 19.8 Å². The number of hydrogen-bond donors (Lipinski definition) is 1. The van der Waals surface area contributed by atoms with Gasteiger partial charge in [-0.25, -0.2) is 9.07 Å². The Morgan fingerprint density at radius 3 is 2.38 bits per heavy atom. The molecule has 0 aliphatic rings. The molecule has 1 atom stereocenters. The molecule has 0 unspecified atom stereocenters. The maximum absolute atomic E-state index is 13.1. The lowest BCUT2D eigenvalue weighted by molar-refractivity contribution is -0.128. The van der Waals surface area contributed by atoms with E-state index in [1.807, 2.05) is 30.3 Å². The largest absolute Gasteiger partial charge is 0.348 e. The molecule has 0 spiro atoms. The van der Waals surface area contributed by atoms with Crippen LogP contribution in [0.4, 0.5) is 4.39 Å². The molecule has 0 radical (unpaired) electrons. The van der Waals surface area contributed by atoms with Crippen molar-refractivity contribution in [2.45, 2.75) is 10.4 Å². The van der Waals surface area contributed by atoms with E-state index in [0.717, 1.165) is 5.56 Å². The van der Waals surface area contributed by atoms with Gasteiger partial charge in [0, 0.05) is 19.7 Å². The van der Waals surface area contributed by atoms with Crippen molar-refractivity contribution in [3.8, 4) is 11.4 Å². The highest BCUT2D eigenvalue weighted by Gasteiger charge is 2.26. The lowest BCUT2D eigenvalue weighted by atomic mass is 10.1. The van der Waals surface area contributed by atoms with E-state index in [9.17, 15) is 9.18 Å². The molecule has 0 bridgehead atoms. The summed E-state index contributed by atoms with van der Waals surface area (Å²) in [5, 5.41) is 8.09. The Bertz CT molecular complexity index is 896. The minimum atomic E-state index is -0.501. The van der Waals surface area contributed by atoms with Crippen molar-refractivity contribution in [3.05, 3.63) is 66.0 Å². The van der Waals surface area contributed by atoms with Crippen LogP contribution < -0.4 is 5.84 Å². The summed E-state index contributed by atoms with van der Waals surface area (Å²) in [6.07, 6.45) is 0. The van der Waals surface area contributed by atoms with Crippen LogP contribution in [0.2, 0.25) is 0 Å². The molecule has 26 heavy (non-hydrogen) atoms. The average Bonchev–Trinajstić information content (AvgIpc) is 3.01. The van der Waals surface area contributed by atoms with Gasteiger partial charge >= 0.3 is 0 Å². The SMILES string of the molecule is CN(C)C(=O)[C@@H](Sc1nnc(-c2ccc(F)cc2)n1N)c1ccccc1. The van der Waals surface area contributed by atoms with Crippen molar-refractivity contribution in [2.24, 2.45) is 0 Å². The molecule has 2 aromatic carbocycles. The zero-order chi connectivity index (χ0) is 18.7. The van der Waals surface area contributed by atoms with Crippen LogP contribution in [0.15, 0.2) is 59.8 Å². The number of carbonyl (C=O) groups is 1. The fraction of sp³-hybridized carbons (Fsp3) is 0.167. The van der Waals surface area contributed by atoms with Crippen LogP contribution in [0.3, 0.4) is 0 Å². The molecule has 6 nitrogen and oxygen atoms in total. The normalized spacial score (nSPS) is 12.0. The molecule has 3 aromatic rings. The van der Waals surface area contributed by atoms with E-state index in [4.69, 9.17) is 5.84 Å². The first kappa shape index (κ1) is 17.9. The van der Waals surface area contributed by atoms with Gasteiger partial charge in [-0.3, -0.25) is 4.79 Å². The molecule has 1 aromatic heterocycles. The highest BCUT2D eigenvalue weighted by atomic mass is 32.2. The third-order valence-corrected chi connectivity index (χ3v) is 4.96. The maximum Gasteiger partial charge on any atom is 0.240 e. The number of thioether (sulfide) groups is 1. The molecule has 3 rings (SSSR count). The Hall–Kier alpha value is -2.87. The summed E-state index contributed by atoms with van der Waals surface area (Å²) < 4.78 is 14.4. The van der Waals surface area contributed by atoms with Crippen molar-refractivity contribution in [3.63, 3.8) is 0 Å². The molecular formula is C18H18FN5OS. The van der Waals surface area contributed by atoms with Crippen molar-refractivity contribution >= 4 is 17.7 Å². The van der Waals surface area contributed by atoms with Crippen LogP contribution >= 0.6 is 11.8 Å². The number of halogens is 1. The molecular weight excluding hydrogens is 353 g/mol. The van der Waals surface area contributed by atoms with E-state index in [-0.39, 0.29) is 11.7 Å². The minimum Gasteiger partial charge on any atom is -0.348 e. The molecule has 1 heterocycles. The highest BCUT2D eigenvalue weighted by Crippen LogP contribution is 2.36. The molecule has 1 amide bonds. The van der Waals surface area contributed by atoms with Crippen LogP contribution in [-0.4, -0.2) is 39.8 Å². The van der Waals surface area contributed by atoms with E-state index in [0.29, 0.717) is 16.5 Å². The lowest BCUT2D eigenvalue weighted by Gasteiger charge is -2.20. The number of likely N-dealkylation sites (N-methyl/N-ethyl adjacent to an activating group) is 1. The van der Waals surface area contributed by atoms with Gasteiger partial charge in [0.15, 0.2) is 5.82 Å². The van der Waals surface area contributed by atoms with Crippen molar-refractivity contribution in [2.75, 3.05) is 19.9 Å². The van der Waals surface area contributed by atoms with E-state index >= 15 is 0 Å². The second-order valence-corrected chi connectivity index (χ2v) is 6.90. The summed E-state index contributed by atoms with van der Waals surface area (Å²) in [6.45, 7) is 0. The fourth-order valence-electron chi connectivity index (χ4n) is 2.38. The summed E-state index contributed by atoms with van der Waals surface area (Å²) >= 11 is 1.22. The Balaban J connectivity index is 1.93. The summed E-state index contributed by atoms with van der Waals surface area (Å²) in [5.74, 6) is 6.11. The number of aromatic nitrogens is 3. The number of rotatable bonds is 5. The molecule has 0 aliphatic carbocycles. The van der Waals surface area contributed by atoms with Gasteiger partial charge in [0.05, 0.1) is 0 Å². The predicted molar refractivity (Wildman–Crippen MR) is 99.3 cm³/mol. The zero-order valence-electron chi connectivity index (χ0n) is 14.3. The zero-order valence-corrected chi connectivity index (χ0v) is 15.2. The maximum atomic E-state index is 13.1. The van der Waals surface area contributed by atoms with Crippen molar-refractivity contribution < 1.29 is 9.18 Å². The number of nitrogen functional groups attached to an aromatic ring is 1. The Morgan fingerprint density at radius 2 is 1.77 bits per heavy atom. The van der Waals surface area contributed by atoms with Crippen LogP contribution in [-0.2, 0) is 4.79 Å². The van der Waals surface area contributed by atoms with Gasteiger partial charge in [0.2, 0.25) is 11.1 Å². The second-order valence-electron chi connectivity index (χ2n) is 5.82. The van der Waals surface area contributed by atoms with Crippen molar-refractivity contribution in [1.29, 1.82) is 0 Å². The number of hydrogen-bond acceptors (Lipinski definition) is 5. The summed E-state index contributed by atoms with van der Waals surface area (Å²) in [6, 6.07) is 15.2. The first-order valence-corrected chi connectivity index (χ1v) is 8.74. The standard InChI is InChI=1S/C18H18FN5OS/c1-23(2)17(25)15(12-6-4-3-5-7-12)26-18-22-21-16(24(18)20)13-8-10-14(19)11-9-13/h3-11,15H,20H2,1-2H3/t15-/m0/s1.